The number of phenols is 1. The lowest BCUT2D eigenvalue weighted by Crippen LogP contribution is -2.20. The molecule has 1 aliphatic carbocycles. The molecule has 0 aliphatic heterocycles. The predicted octanol–water partition coefficient (Wildman–Crippen LogP) is 2.77. The van der Waals surface area contributed by atoms with E-state index in [2.05, 4.69) is 10.5 Å². The number of phenolic OH excluding ortho intramolecular Hbond substituents is 1. The van der Waals surface area contributed by atoms with Gasteiger partial charge in [0.15, 0.2) is 0 Å². The second-order valence-corrected chi connectivity index (χ2v) is 5.75. The predicted molar refractivity (Wildman–Crippen MR) is 97.7 cm³/mol. The number of aryl methyl sites for hydroxylation is 1. The lowest BCUT2D eigenvalue weighted by molar-refractivity contribution is -0.117. The van der Waals surface area contributed by atoms with Gasteiger partial charge < -0.3 is 9.84 Å². The van der Waals surface area contributed by atoms with Crippen LogP contribution >= 0.6 is 0 Å². The quantitative estimate of drug-likeness (QED) is 0.385. The smallest absolute Gasteiger partial charge is 0.282 e. The molecule has 6 heteroatoms. The molecule has 0 saturated heterocycles. The fourth-order valence-corrected chi connectivity index (χ4v) is 2.92. The highest BCUT2D eigenvalue weighted by Crippen LogP contribution is 2.34. The Balaban J connectivity index is 1.80. The van der Waals surface area contributed by atoms with E-state index in [1.54, 1.807) is 12.1 Å². The molecule has 1 aliphatic rings. The van der Waals surface area contributed by atoms with Crippen molar-refractivity contribution in [1.29, 1.82) is 5.26 Å². The maximum absolute atomic E-state index is 12.4. The first-order valence-electron chi connectivity index (χ1n) is 8.06. The van der Waals surface area contributed by atoms with Crippen LogP contribution in [0.1, 0.15) is 23.1 Å². The van der Waals surface area contributed by atoms with Crippen molar-refractivity contribution in [1.82, 2.24) is 5.43 Å². The van der Waals surface area contributed by atoms with E-state index in [0.717, 1.165) is 23.1 Å². The van der Waals surface area contributed by atoms with Gasteiger partial charge in [-0.2, -0.15) is 10.4 Å². The Labute approximate surface area is 151 Å². The minimum absolute atomic E-state index is 0.00683. The first kappa shape index (κ1) is 17.2. The zero-order valence-corrected chi connectivity index (χ0v) is 14.2. The van der Waals surface area contributed by atoms with Crippen LogP contribution in [0.25, 0.3) is 5.57 Å². The summed E-state index contributed by atoms with van der Waals surface area (Å²) in [5.41, 5.74) is 5.61. The molecule has 2 N–H and O–H groups in total. The first-order chi connectivity index (χ1) is 12.6. The van der Waals surface area contributed by atoms with Gasteiger partial charge in [-0.05, 0) is 47.7 Å². The van der Waals surface area contributed by atoms with Gasteiger partial charge in [-0.15, -0.1) is 0 Å². The standard InChI is InChI=1S/C20H17N3O3/c1-26-15-7-9-19(24)14(10-15)12-22-23-20(25)18(11-21)17-8-6-13-4-2-3-5-16(13)17/h2-5,7,9-10,12,24H,6,8H2,1H3,(H,23,25). The number of nitrogens with zero attached hydrogens (tertiary/aromatic N) is 2. The highest BCUT2D eigenvalue weighted by Gasteiger charge is 2.23. The van der Waals surface area contributed by atoms with Crippen LogP contribution in [-0.4, -0.2) is 24.3 Å². The van der Waals surface area contributed by atoms with Gasteiger partial charge in [0.25, 0.3) is 5.91 Å². The van der Waals surface area contributed by atoms with Crippen molar-refractivity contribution < 1.29 is 14.6 Å². The van der Waals surface area contributed by atoms with Crippen LogP contribution in [0.5, 0.6) is 11.5 Å². The van der Waals surface area contributed by atoms with Crippen molar-refractivity contribution >= 4 is 17.7 Å². The van der Waals surface area contributed by atoms with Crippen LogP contribution in [-0.2, 0) is 11.2 Å². The third-order valence-electron chi connectivity index (χ3n) is 4.23. The molecule has 6 nitrogen and oxygen atoms in total. The Morgan fingerprint density at radius 2 is 2.12 bits per heavy atom. The molecular formula is C20H17N3O3. The van der Waals surface area contributed by atoms with E-state index < -0.39 is 5.91 Å². The molecule has 1 amide bonds. The Kier molecular flexibility index (Phi) is 4.99. The van der Waals surface area contributed by atoms with Crippen molar-refractivity contribution in [3.63, 3.8) is 0 Å². The number of methoxy groups -OCH3 is 1. The van der Waals surface area contributed by atoms with Gasteiger partial charge in [0.1, 0.15) is 23.1 Å². The van der Waals surface area contributed by atoms with Crippen molar-refractivity contribution in [3.8, 4) is 17.6 Å². The van der Waals surface area contributed by atoms with E-state index in [9.17, 15) is 15.2 Å². The minimum Gasteiger partial charge on any atom is -0.507 e. The molecule has 0 unspecified atom stereocenters. The maximum Gasteiger partial charge on any atom is 0.282 e. The van der Waals surface area contributed by atoms with Gasteiger partial charge in [0.05, 0.1) is 13.3 Å². The number of carbonyl (C=O) groups is 1. The number of nitriles is 1. The van der Waals surface area contributed by atoms with Crippen LogP contribution < -0.4 is 10.2 Å². The van der Waals surface area contributed by atoms with E-state index >= 15 is 0 Å². The average molecular weight is 347 g/mol. The van der Waals surface area contributed by atoms with Crippen LogP contribution in [0, 0.1) is 11.3 Å². The van der Waals surface area contributed by atoms with Crippen molar-refractivity contribution in [2.45, 2.75) is 12.8 Å². The molecule has 0 aromatic heterocycles. The summed E-state index contributed by atoms with van der Waals surface area (Å²) in [5.74, 6) is -0.0109. The minimum atomic E-state index is -0.571. The number of hydrazone groups is 1. The lowest BCUT2D eigenvalue weighted by atomic mass is 10.0. The van der Waals surface area contributed by atoms with Crippen LogP contribution in [0.2, 0.25) is 0 Å². The highest BCUT2D eigenvalue weighted by atomic mass is 16.5. The topological polar surface area (TPSA) is 94.7 Å². The van der Waals surface area contributed by atoms with Gasteiger partial charge in [0.2, 0.25) is 0 Å². The number of amides is 1. The second kappa shape index (κ2) is 7.53. The molecule has 130 valence electrons. The molecule has 3 rings (SSSR count). The summed E-state index contributed by atoms with van der Waals surface area (Å²) in [6, 6.07) is 14.4. The maximum atomic E-state index is 12.4. The number of carbonyl (C=O) groups excluding carboxylic acids is 1. The summed E-state index contributed by atoms with van der Waals surface area (Å²) in [7, 11) is 1.51. The molecule has 2 aromatic carbocycles. The summed E-state index contributed by atoms with van der Waals surface area (Å²) < 4.78 is 5.08. The van der Waals surface area contributed by atoms with E-state index in [0.29, 0.717) is 17.7 Å². The van der Waals surface area contributed by atoms with E-state index in [-0.39, 0.29) is 11.3 Å². The monoisotopic (exact) mass is 347 g/mol. The summed E-state index contributed by atoms with van der Waals surface area (Å²) in [4.78, 5) is 12.4. The van der Waals surface area contributed by atoms with Gasteiger partial charge in [-0.25, -0.2) is 5.43 Å². The molecule has 0 spiro atoms. The SMILES string of the molecule is COc1ccc(O)c(C=NNC(=O)C(C#N)=C2CCc3ccccc32)c1. The summed E-state index contributed by atoms with van der Waals surface area (Å²) in [6.45, 7) is 0. The number of nitrogens with one attached hydrogen (secondary N) is 1. The molecule has 0 heterocycles. The molecule has 2 aromatic rings. The molecule has 26 heavy (non-hydrogen) atoms. The average Bonchev–Trinajstić information content (AvgIpc) is 3.08. The Morgan fingerprint density at radius 3 is 2.88 bits per heavy atom. The number of aromatic hydroxyl groups is 1. The fourth-order valence-electron chi connectivity index (χ4n) is 2.92. The molecule has 0 bridgehead atoms. The van der Waals surface area contributed by atoms with Crippen molar-refractivity contribution in [3.05, 3.63) is 64.7 Å². The van der Waals surface area contributed by atoms with Crippen LogP contribution in [0.15, 0.2) is 53.1 Å². The number of hydrogen-bond donors (Lipinski definition) is 2. The molecule has 0 radical (unpaired) electrons. The van der Waals surface area contributed by atoms with E-state index in [1.807, 2.05) is 30.3 Å². The van der Waals surface area contributed by atoms with E-state index in [4.69, 9.17) is 4.74 Å². The largest absolute Gasteiger partial charge is 0.507 e. The Morgan fingerprint density at radius 1 is 1.31 bits per heavy atom. The van der Waals surface area contributed by atoms with Crippen LogP contribution in [0.4, 0.5) is 0 Å². The number of fused-ring (bicyclic) bond motifs is 1. The first-order valence-corrected chi connectivity index (χ1v) is 8.06. The number of rotatable bonds is 4. The summed E-state index contributed by atoms with van der Waals surface area (Å²) in [6.07, 6.45) is 2.76. The van der Waals surface area contributed by atoms with Gasteiger partial charge in [-0.3, -0.25) is 4.79 Å². The van der Waals surface area contributed by atoms with Crippen molar-refractivity contribution in [2.75, 3.05) is 7.11 Å². The number of hydrogen-bond acceptors (Lipinski definition) is 5. The lowest BCUT2D eigenvalue weighted by Gasteiger charge is -2.05. The second-order valence-electron chi connectivity index (χ2n) is 5.75. The number of benzene rings is 2. The fraction of sp³-hybridized carbons (Fsp3) is 0.150. The Bertz CT molecular complexity index is 955. The Hall–Kier alpha value is -3.59. The summed E-state index contributed by atoms with van der Waals surface area (Å²) in [5, 5.41) is 23.1. The van der Waals surface area contributed by atoms with Gasteiger partial charge >= 0.3 is 0 Å². The van der Waals surface area contributed by atoms with Gasteiger partial charge in [-0.1, -0.05) is 24.3 Å². The highest BCUT2D eigenvalue weighted by molar-refractivity contribution is 6.06. The summed E-state index contributed by atoms with van der Waals surface area (Å²) >= 11 is 0. The van der Waals surface area contributed by atoms with Gasteiger partial charge in [0, 0.05) is 5.56 Å². The van der Waals surface area contributed by atoms with Crippen LogP contribution in [0.3, 0.4) is 0 Å². The normalized spacial score (nSPS) is 14.6. The third kappa shape index (κ3) is 3.42. The third-order valence-corrected chi connectivity index (χ3v) is 4.23. The zero-order valence-electron chi connectivity index (χ0n) is 14.2. The van der Waals surface area contributed by atoms with Crippen molar-refractivity contribution in [2.24, 2.45) is 5.10 Å². The molecular weight excluding hydrogens is 330 g/mol. The molecule has 0 fully saturated rings. The number of ether oxygens (including phenoxy) is 1. The zero-order chi connectivity index (χ0) is 18.5. The molecule has 0 atom stereocenters. The number of allylic oxidation sites excluding steroid dienone is 1. The molecule has 0 saturated carbocycles. The van der Waals surface area contributed by atoms with E-state index in [1.165, 1.54) is 19.4 Å².